The van der Waals surface area contributed by atoms with Crippen molar-refractivity contribution in [2.75, 3.05) is 11.9 Å². The Bertz CT molecular complexity index is 876. The fraction of sp³-hybridized carbons (Fsp3) is 0.158. The molecular formula is C19H18FN3O2. The molecule has 1 heterocycles. The maximum atomic E-state index is 13.2. The molecule has 1 aromatic heterocycles. The first-order chi connectivity index (χ1) is 12.1. The second-order valence-electron chi connectivity index (χ2n) is 5.63. The molecule has 6 heteroatoms. The van der Waals surface area contributed by atoms with Gasteiger partial charge in [-0.15, -0.1) is 0 Å². The highest BCUT2D eigenvalue weighted by molar-refractivity contribution is 5.90. The fourth-order valence-corrected chi connectivity index (χ4v) is 2.38. The number of halogens is 1. The number of rotatable bonds is 6. The summed E-state index contributed by atoms with van der Waals surface area (Å²) in [4.78, 5) is 12.0. The number of hydrogen-bond donors (Lipinski definition) is 1. The van der Waals surface area contributed by atoms with Gasteiger partial charge in [0.2, 0.25) is 0 Å². The van der Waals surface area contributed by atoms with E-state index in [-0.39, 0.29) is 18.3 Å². The number of hydrogen-bond acceptors (Lipinski definition) is 3. The number of benzene rings is 2. The first-order valence-electron chi connectivity index (χ1n) is 7.86. The molecule has 0 radical (unpaired) electrons. The van der Waals surface area contributed by atoms with E-state index < -0.39 is 0 Å². The van der Waals surface area contributed by atoms with Gasteiger partial charge in [-0.2, -0.15) is 5.10 Å². The Morgan fingerprint density at radius 3 is 2.84 bits per heavy atom. The second-order valence-corrected chi connectivity index (χ2v) is 5.63. The van der Waals surface area contributed by atoms with E-state index in [0.717, 1.165) is 11.1 Å². The Hall–Kier alpha value is -3.15. The first kappa shape index (κ1) is 16.7. The Labute approximate surface area is 145 Å². The van der Waals surface area contributed by atoms with Crippen molar-refractivity contribution in [2.24, 2.45) is 0 Å². The zero-order valence-corrected chi connectivity index (χ0v) is 13.8. The lowest BCUT2D eigenvalue weighted by Gasteiger charge is -2.08. The van der Waals surface area contributed by atoms with E-state index in [1.54, 1.807) is 23.0 Å². The molecule has 0 fully saturated rings. The maximum absolute atomic E-state index is 13.2. The molecule has 1 N–H and O–H groups in total. The van der Waals surface area contributed by atoms with Gasteiger partial charge in [-0.1, -0.05) is 30.3 Å². The number of aryl methyl sites for hydroxylation is 1. The van der Waals surface area contributed by atoms with E-state index in [4.69, 9.17) is 4.74 Å². The Morgan fingerprint density at radius 2 is 2.04 bits per heavy atom. The maximum Gasteiger partial charge on any atom is 0.263 e. The molecule has 0 bridgehead atoms. The minimum Gasteiger partial charge on any atom is -0.483 e. The number of carbonyl (C=O) groups is 1. The Balaban J connectivity index is 1.54. The SMILES string of the molecule is Cc1ccccc1OCC(=O)Nc1ccn(Cc2cccc(F)c2)n1. The highest BCUT2D eigenvalue weighted by Crippen LogP contribution is 2.16. The molecule has 0 atom stereocenters. The molecule has 0 aliphatic rings. The summed E-state index contributed by atoms with van der Waals surface area (Å²) in [5, 5.41) is 6.93. The van der Waals surface area contributed by atoms with Gasteiger partial charge in [-0.25, -0.2) is 4.39 Å². The highest BCUT2D eigenvalue weighted by Gasteiger charge is 2.07. The van der Waals surface area contributed by atoms with Crippen LogP contribution in [0.3, 0.4) is 0 Å². The molecule has 0 spiro atoms. The van der Waals surface area contributed by atoms with Gasteiger partial charge in [0.1, 0.15) is 11.6 Å². The third-order valence-electron chi connectivity index (χ3n) is 3.59. The van der Waals surface area contributed by atoms with Crippen LogP contribution in [-0.4, -0.2) is 22.3 Å². The summed E-state index contributed by atoms with van der Waals surface area (Å²) in [5.41, 5.74) is 1.76. The molecule has 1 amide bonds. The van der Waals surface area contributed by atoms with Crippen LogP contribution in [0, 0.1) is 12.7 Å². The number of ether oxygens (including phenoxy) is 1. The summed E-state index contributed by atoms with van der Waals surface area (Å²) in [6, 6.07) is 15.5. The van der Waals surface area contributed by atoms with E-state index in [9.17, 15) is 9.18 Å². The van der Waals surface area contributed by atoms with Crippen molar-refractivity contribution in [3.05, 3.63) is 77.7 Å². The third-order valence-corrected chi connectivity index (χ3v) is 3.59. The van der Waals surface area contributed by atoms with Gasteiger partial charge in [-0.3, -0.25) is 9.48 Å². The van der Waals surface area contributed by atoms with Gasteiger partial charge in [0, 0.05) is 12.3 Å². The van der Waals surface area contributed by atoms with Crippen LogP contribution in [0.4, 0.5) is 10.2 Å². The molecule has 0 aliphatic heterocycles. The molecule has 25 heavy (non-hydrogen) atoms. The zero-order chi connectivity index (χ0) is 17.6. The number of carbonyl (C=O) groups excluding carboxylic acids is 1. The van der Waals surface area contributed by atoms with E-state index in [1.165, 1.54) is 12.1 Å². The van der Waals surface area contributed by atoms with Crippen molar-refractivity contribution < 1.29 is 13.9 Å². The molecule has 2 aromatic carbocycles. The van der Waals surface area contributed by atoms with Gasteiger partial charge >= 0.3 is 0 Å². The van der Waals surface area contributed by atoms with Crippen LogP contribution in [0.15, 0.2) is 60.8 Å². The monoisotopic (exact) mass is 339 g/mol. The molecule has 0 saturated carbocycles. The number of anilines is 1. The molecule has 5 nitrogen and oxygen atoms in total. The number of nitrogens with one attached hydrogen (secondary N) is 1. The Kier molecular flexibility index (Phi) is 5.09. The standard InChI is InChI=1S/C19H18FN3O2/c1-14-5-2-3-8-17(14)25-13-19(24)21-18-9-10-23(22-18)12-15-6-4-7-16(20)11-15/h2-11H,12-13H2,1H3,(H,21,22,24). The van der Waals surface area contributed by atoms with E-state index in [0.29, 0.717) is 18.1 Å². The van der Waals surface area contributed by atoms with Crippen LogP contribution in [-0.2, 0) is 11.3 Å². The Morgan fingerprint density at radius 1 is 1.20 bits per heavy atom. The molecule has 0 saturated heterocycles. The van der Waals surface area contributed by atoms with Crippen LogP contribution in [0.5, 0.6) is 5.75 Å². The van der Waals surface area contributed by atoms with Gasteiger partial charge in [-0.05, 0) is 36.2 Å². The summed E-state index contributed by atoms with van der Waals surface area (Å²) in [7, 11) is 0. The van der Waals surface area contributed by atoms with Crippen LogP contribution in [0.25, 0.3) is 0 Å². The van der Waals surface area contributed by atoms with Gasteiger partial charge < -0.3 is 10.1 Å². The number of amides is 1. The van der Waals surface area contributed by atoms with Crippen molar-refractivity contribution in [3.63, 3.8) is 0 Å². The van der Waals surface area contributed by atoms with Crippen molar-refractivity contribution in [3.8, 4) is 5.75 Å². The van der Waals surface area contributed by atoms with E-state index in [2.05, 4.69) is 10.4 Å². The number of para-hydroxylation sites is 1. The summed E-state index contributed by atoms with van der Waals surface area (Å²) < 4.78 is 20.3. The quantitative estimate of drug-likeness (QED) is 0.749. The van der Waals surface area contributed by atoms with E-state index in [1.807, 2.05) is 37.3 Å². The van der Waals surface area contributed by atoms with Gasteiger partial charge in [0.05, 0.1) is 6.54 Å². The topological polar surface area (TPSA) is 56.1 Å². The second kappa shape index (κ2) is 7.61. The van der Waals surface area contributed by atoms with Crippen LogP contribution >= 0.6 is 0 Å². The van der Waals surface area contributed by atoms with Crippen molar-refractivity contribution in [1.82, 2.24) is 9.78 Å². The van der Waals surface area contributed by atoms with Crippen molar-refractivity contribution in [2.45, 2.75) is 13.5 Å². The van der Waals surface area contributed by atoms with Crippen LogP contribution < -0.4 is 10.1 Å². The van der Waals surface area contributed by atoms with Gasteiger partial charge in [0.15, 0.2) is 12.4 Å². The third kappa shape index (κ3) is 4.67. The molecule has 0 aliphatic carbocycles. The summed E-state index contributed by atoms with van der Waals surface area (Å²) >= 11 is 0. The van der Waals surface area contributed by atoms with Gasteiger partial charge in [0.25, 0.3) is 5.91 Å². The molecular weight excluding hydrogens is 321 g/mol. The number of aromatic nitrogens is 2. The highest BCUT2D eigenvalue weighted by atomic mass is 19.1. The summed E-state index contributed by atoms with van der Waals surface area (Å²) in [6.07, 6.45) is 1.72. The smallest absolute Gasteiger partial charge is 0.263 e. The lowest BCUT2D eigenvalue weighted by molar-refractivity contribution is -0.118. The normalized spacial score (nSPS) is 10.5. The van der Waals surface area contributed by atoms with Crippen LogP contribution in [0.1, 0.15) is 11.1 Å². The lowest BCUT2D eigenvalue weighted by Crippen LogP contribution is -2.20. The minimum absolute atomic E-state index is 0.0956. The molecule has 3 rings (SSSR count). The lowest BCUT2D eigenvalue weighted by atomic mass is 10.2. The predicted molar refractivity (Wildman–Crippen MR) is 93.0 cm³/mol. The fourth-order valence-electron chi connectivity index (χ4n) is 2.38. The predicted octanol–water partition coefficient (Wildman–Crippen LogP) is 3.40. The summed E-state index contributed by atoms with van der Waals surface area (Å²) in [6.45, 7) is 2.25. The minimum atomic E-state index is -0.292. The van der Waals surface area contributed by atoms with Crippen LogP contribution in [0.2, 0.25) is 0 Å². The zero-order valence-electron chi connectivity index (χ0n) is 13.8. The molecule has 0 unspecified atom stereocenters. The van der Waals surface area contributed by atoms with E-state index >= 15 is 0 Å². The number of nitrogens with zero attached hydrogens (tertiary/aromatic N) is 2. The average Bonchev–Trinajstić information content (AvgIpc) is 3.01. The average molecular weight is 339 g/mol. The molecule has 3 aromatic rings. The molecule has 128 valence electrons. The first-order valence-corrected chi connectivity index (χ1v) is 7.86. The largest absolute Gasteiger partial charge is 0.483 e. The summed E-state index contributed by atoms with van der Waals surface area (Å²) in [5.74, 6) is 0.523. The van der Waals surface area contributed by atoms with Crippen molar-refractivity contribution in [1.29, 1.82) is 0 Å². The van der Waals surface area contributed by atoms with Crippen molar-refractivity contribution >= 4 is 11.7 Å².